The second-order valence-electron chi connectivity index (χ2n) is 3.26. The lowest BCUT2D eigenvalue weighted by atomic mass is 10.7. The SMILES string of the molecule is C=CCOP(=O)(OCC=C)OCC=C.OCCOCCO. The van der Waals surface area contributed by atoms with Gasteiger partial charge in [0.05, 0.1) is 46.2 Å². The van der Waals surface area contributed by atoms with E-state index in [0.29, 0.717) is 13.2 Å². The smallest absolute Gasteiger partial charge is 0.394 e. The van der Waals surface area contributed by atoms with Crippen LogP contribution in [0, 0.1) is 0 Å². The fourth-order valence-electron chi connectivity index (χ4n) is 0.775. The first-order valence-corrected chi connectivity index (χ1v) is 7.72. The van der Waals surface area contributed by atoms with Gasteiger partial charge in [-0.25, -0.2) is 4.57 Å². The minimum Gasteiger partial charge on any atom is -0.394 e. The van der Waals surface area contributed by atoms with Crippen LogP contribution in [0.25, 0.3) is 0 Å². The van der Waals surface area contributed by atoms with Gasteiger partial charge in [0.15, 0.2) is 0 Å². The van der Waals surface area contributed by atoms with Crippen molar-refractivity contribution in [1.29, 1.82) is 0 Å². The van der Waals surface area contributed by atoms with Gasteiger partial charge < -0.3 is 14.9 Å². The van der Waals surface area contributed by atoms with Gasteiger partial charge >= 0.3 is 7.82 Å². The molecule has 0 aliphatic heterocycles. The van der Waals surface area contributed by atoms with Crippen LogP contribution in [-0.2, 0) is 22.9 Å². The molecule has 0 saturated heterocycles. The molecule has 8 heteroatoms. The Balaban J connectivity index is 0. The molecule has 0 saturated carbocycles. The van der Waals surface area contributed by atoms with Crippen molar-refractivity contribution in [3.63, 3.8) is 0 Å². The summed E-state index contributed by atoms with van der Waals surface area (Å²) in [7, 11) is -3.48. The Hall–Kier alpha value is -0.790. The number of ether oxygens (including phenoxy) is 1. The fraction of sp³-hybridized carbons (Fsp3) is 0.538. The standard InChI is InChI=1S/C9H15O4P.C4H10O3/c1-4-7-11-14(10,12-8-5-2)13-9-6-3;5-1-3-7-4-2-6/h4-6H,1-3,7-9H2;5-6H,1-4H2. The minimum atomic E-state index is -3.48. The second-order valence-corrected chi connectivity index (χ2v) is 4.93. The number of aliphatic hydroxyl groups is 2. The van der Waals surface area contributed by atoms with Gasteiger partial charge in [-0.2, -0.15) is 0 Å². The molecule has 7 nitrogen and oxygen atoms in total. The topological polar surface area (TPSA) is 94.5 Å². The van der Waals surface area contributed by atoms with Crippen LogP contribution in [0.1, 0.15) is 0 Å². The molecule has 0 fully saturated rings. The van der Waals surface area contributed by atoms with Crippen molar-refractivity contribution in [3.05, 3.63) is 38.0 Å². The molecule has 0 heterocycles. The average molecular weight is 324 g/mol. The second kappa shape index (κ2) is 17.3. The molecule has 0 spiro atoms. The molecule has 0 aromatic rings. The van der Waals surface area contributed by atoms with E-state index in [1.807, 2.05) is 0 Å². The lowest BCUT2D eigenvalue weighted by Crippen LogP contribution is -2.03. The molecule has 0 unspecified atom stereocenters. The molecule has 0 atom stereocenters. The molecule has 0 rings (SSSR count). The summed E-state index contributed by atoms with van der Waals surface area (Å²) in [6, 6.07) is 0. The monoisotopic (exact) mass is 324 g/mol. The summed E-state index contributed by atoms with van der Waals surface area (Å²) in [6.45, 7) is 11.3. The van der Waals surface area contributed by atoms with Gasteiger partial charge in [-0.3, -0.25) is 13.6 Å². The fourth-order valence-corrected chi connectivity index (χ4v) is 1.86. The van der Waals surface area contributed by atoms with Gasteiger partial charge in [0.2, 0.25) is 0 Å². The van der Waals surface area contributed by atoms with Crippen molar-refractivity contribution < 1.29 is 33.1 Å². The van der Waals surface area contributed by atoms with E-state index in [4.69, 9.17) is 23.8 Å². The molecule has 21 heavy (non-hydrogen) atoms. The van der Waals surface area contributed by atoms with E-state index >= 15 is 0 Å². The summed E-state index contributed by atoms with van der Waals surface area (Å²) in [4.78, 5) is 0. The maximum Gasteiger partial charge on any atom is 0.475 e. The normalized spacial score (nSPS) is 10.4. The summed E-state index contributed by atoms with van der Waals surface area (Å²) in [5.74, 6) is 0. The highest BCUT2D eigenvalue weighted by molar-refractivity contribution is 7.48. The molecule has 0 aliphatic carbocycles. The summed E-state index contributed by atoms with van der Waals surface area (Å²) >= 11 is 0. The molecule has 124 valence electrons. The van der Waals surface area contributed by atoms with Crippen molar-refractivity contribution in [2.24, 2.45) is 0 Å². The van der Waals surface area contributed by atoms with Gasteiger partial charge in [-0.1, -0.05) is 18.2 Å². The molecular formula is C13H25O7P. The molecule has 0 bridgehead atoms. The van der Waals surface area contributed by atoms with Gasteiger partial charge in [-0.15, -0.1) is 19.7 Å². The average Bonchev–Trinajstić information content (AvgIpc) is 2.50. The van der Waals surface area contributed by atoms with E-state index in [-0.39, 0.29) is 33.0 Å². The van der Waals surface area contributed by atoms with E-state index in [2.05, 4.69) is 24.5 Å². The Kier molecular flexibility index (Phi) is 18.5. The highest BCUT2D eigenvalue weighted by Gasteiger charge is 2.24. The van der Waals surface area contributed by atoms with Crippen LogP contribution in [0.4, 0.5) is 0 Å². The molecule has 0 amide bonds. The van der Waals surface area contributed by atoms with Crippen LogP contribution >= 0.6 is 7.82 Å². The van der Waals surface area contributed by atoms with Gasteiger partial charge in [-0.05, 0) is 0 Å². The third-order valence-electron chi connectivity index (χ3n) is 1.52. The minimum absolute atomic E-state index is 0.0278. The number of hydrogen-bond donors (Lipinski definition) is 2. The molecule has 0 aromatic heterocycles. The van der Waals surface area contributed by atoms with Crippen LogP contribution in [0.15, 0.2) is 38.0 Å². The lowest BCUT2D eigenvalue weighted by Gasteiger charge is -2.15. The zero-order chi connectivity index (χ0) is 16.4. The van der Waals surface area contributed by atoms with Crippen LogP contribution in [-0.4, -0.2) is 56.5 Å². The molecule has 0 aromatic carbocycles. The maximum absolute atomic E-state index is 11.7. The van der Waals surface area contributed by atoms with Crippen molar-refractivity contribution in [3.8, 4) is 0 Å². The first-order valence-electron chi connectivity index (χ1n) is 6.26. The van der Waals surface area contributed by atoms with Crippen LogP contribution in [0.2, 0.25) is 0 Å². The highest BCUT2D eigenvalue weighted by atomic mass is 31.2. The quantitative estimate of drug-likeness (QED) is 0.302. The number of rotatable bonds is 13. The van der Waals surface area contributed by atoms with E-state index in [9.17, 15) is 4.57 Å². The first kappa shape index (κ1) is 22.5. The predicted octanol–water partition coefficient (Wildman–Crippen LogP) is 1.69. The maximum atomic E-state index is 11.7. The number of phosphoric acid groups is 1. The van der Waals surface area contributed by atoms with Crippen LogP contribution in [0.5, 0.6) is 0 Å². The Morgan fingerprint density at radius 3 is 1.38 bits per heavy atom. The summed E-state index contributed by atoms with van der Waals surface area (Å²) in [5.41, 5.74) is 0. The zero-order valence-corrected chi connectivity index (χ0v) is 13.1. The van der Waals surface area contributed by atoms with E-state index in [1.54, 1.807) is 0 Å². The van der Waals surface area contributed by atoms with Crippen molar-refractivity contribution >= 4 is 7.82 Å². The number of phosphoric ester groups is 1. The third kappa shape index (κ3) is 17.2. The molecular weight excluding hydrogens is 299 g/mol. The highest BCUT2D eigenvalue weighted by Crippen LogP contribution is 2.49. The third-order valence-corrected chi connectivity index (χ3v) is 2.92. The Morgan fingerprint density at radius 2 is 1.14 bits per heavy atom. The van der Waals surface area contributed by atoms with Gasteiger partial charge in [0.1, 0.15) is 0 Å². The van der Waals surface area contributed by atoms with Gasteiger partial charge in [0.25, 0.3) is 0 Å². The van der Waals surface area contributed by atoms with Crippen molar-refractivity contribution in [2.75, 3.05) is 46.2 Å². The largest absolute Gasteiger partial charge is 0.475 e. The predicted molar refractivity (Wildman–Crippen MR) is 81.0 cm³/mol. The van der Waals surface area contributed by atoms with Gasteiger partial charge in [0, 0.05) is 0 Å². The Morgan fingerprint density at radius 1 is 0.810 bits per heavy atom. The molecule has 2 N–H and O–H groups in total. The van der Waals surface area contributed by atoms with Crippen molar-refractivity contribution in [1.82, 2.24) is 0 Å². The number of aliphatic hydroxyl groups excluding tert-OH is 2. The van der Waals surface area contributed by atoms with Crippen molar-refractivity contribution in [2.45, 2.75) is 0 Å². The first-order chi connectivity index (χ1) is 10.1. The summed E-state index contributed by atoms with van der Waals surface area (Å²) in [6.07, 6.45) is 4.38. The van der Waals surface area contributed by atoms with E-state index < -0.39 is 7.82 Å². The number of hydrogen-bond acceptors (Lipinski definition) is 7. The Bertz CT molecular complexity index is 265. The van der Waals surface area contributed by atoms with E-state index in [0.717, 1.165) is 0 Å². The summed E-state index contributed by atoms with van der Waals surface area (Å²) in [5, 5.41) is 16.2. The van der Waals surface area contributed by atoms with Crippen LogP contribution in [0.3, 0.4) is 0 Å². The molecule has 0 aliphatic rings. The molecule has 0 radical (unpaired) electrons. The Labute approximate surface area is 126 Å². The zero-order valence-electron chi connectivity index (χ0n) is 12.2. The lowest BCUT2D eigenvalue weighted by molar-refractivity contribution is 0.0650. The summed E-state index contributed by atoms with van der Waals surface area (Å²) < 4.78 is 31.0. The van der Waals surface area contributed by atoms with E-state index in [1.165, 1.54) is 18.2 Å². The van der Waals surface area contributed by atoms with Crippen LogP contribution < -0.4 is 0 Å².